The summed E-state index contributed by atoms with van der Waals surface area (Å²) in [6.07, 6.45) is 0. The molecule has 8 nitrogen and oxygen atoms in total. The van der Waals surface area contributed by atoms with Crippen molar-refractivity contribution < 1.29 is 18.8 Å². The molecule has 1 unspecified atom stereocenters. The molecule has 0 bridgehead atoms. The number of hydrogen-bond donors (Lipinski definition) is 1. The highest BCUT2D eigenvalue weighted by molar-refractivity contribution is 5.87. The number of nitrogens with one attached hydrogen (secondary N) is 1. The summed E-state index contributed by atoms with van der Waals surface area (Å²) in [5.74, 6) is 2.21. The first kappa shape index (κ1) is 24.1. The second-order valence-corrected chi connectivity index (χ2v) is 8.89. The van der Waals surface area contributed by atoms with Crippen LogP contribution in [0.1, 0.15) is 35.5 Å². The molecule has 0 spiro atoms. The lowest BCUT2D eigenvalue weighted by Crippen LogP contribution is -2.45. The van der Waals surface area contributed by atoms with Gasteiger partial charge in [0, 0.05) is 11.3 Å². The normalized spacial score (nSPS) is 15.5. The lowest BCUT2D eigenvalue weighted by molar-refractivity contribution is 0.203. The fourth-order valence-electron chi connectivity index (χ4n) is 4.42. The van der Waals surface area contributed by atoms with Crippen molar-refractivity contribution in [1.29, 1.82) is 0 Å². The van der Waals surface area contributed by atoms with E-state index in [1.807, 2.05) is 86.6 Å². The Hall–Kier alpha value is -4.59. The van der Waals surface area contributed by atoms with Gasteiger partial charge in [0.2, 0.25) is 5.82 Å². The molecule has 1 aromatic heterocycles. The topological polar surface area (TPSA) is 89.7 Å². The molecule has 0 saturated carbocycles. The van der Waals surface area contributed by atoms with E-state index in [1.54, 1.807) is 19.1 Å². The summed E-state index contributed by atoms with van der Waals surface area (Å²) < 4.78 is 16.5. The second kappa shape index (κ2) is 10.2. The van der Waals surface area contributed by atoms with Crippen LogP contribution >= 0.6 is 0 Å². The molecular formula is C29H28N4O4. The van der Waals surface area contributed by atoms with Crippen LogP contribution in [0.4, 0.5) is 4.79 Å². The Morgan fingerprint density at radius 3 is 2.38 bits per heavy atom. The Morgan fingerprint density at radius 2 is 1.65 bits per heavy atom. The van der Waals surface area contributed by atoms with Crippen molar-refractivity contribution in [1.82, 2.24) is 20.4 Å². The van der Waals surface area contributed by atoms with Gasteiger partial charge in [0.25, 0.3) is 5.89 Å². The molecule has 37 heavy (non-hydrogen) atoms. The average molecular weight is 497 g/mol. The monoisotopic (exact) mass is 496 g/mol. The Morgan fingerprint density at radius 1 is 0.946 bits per heavy atom. The van der Waals surface area contributed by atoms with E-state index < -0.39 is 6.04 Å². The van der Waals surface area contributed by atoms with Crippen LogP contribution in [-0.4, -0.2) is 35.3 Å². The summed E-state index contributed by atoms with van der Waals surface area (Å²) in [4.78, 5) is 19.8. The van der Waals surface area contributed by atoms with Gasteiger partial charge < -0.3 is 19.3 Å². The minimum absolute atomic E-state index is 0.206. The number of urea groups is 1. The molecule has 8 heteroatoms. The van der Waals surface area contributed by atoms with Crippen molar-refractivity contribution in [2.45, 2.75) is 26.4 Å². The maximum Gasteiger partial charge on any atom is 0.322 e. The van der Waals surface area contributed by atoms with Gasteiger partial charge in [0.05, 0.1) is 32.4 Å². The van der Waals surface area contributed by atoms with E-state index >= 15 is 0 Å². The summed E-state index contributed by atoms with van der Waals surface area (Å²) >= 11 is 0. The minimum Gasteiger partial charge on any atom is -0.497 e. The van der Waals surface area contributed by atoms with E-state index in [2.05, 4.69) is 10.5 Å². The number of ether oxygens (including phenoxy) is 2. The molecule has 5 rings (SSSR count). The van der Waals surface area contributed by atoms with Gasteiger partial charge in [-0.2, -0.15) is 4.98 Å². The standard InChI is InChI=1S/C29H28N4O4/c1-18-11-13-21(14-12-18)26-25(28-31-27(32-37-28)22-8-6-10-24(16-22)36-4)19(2)33(29(34)30-26)17-20-7-5-9-23(15-20)35-3/h5-16,26H,17H2,1-4H3,(H,30,34). The van der Waals surface area contributed by atoms with Crippen LogP contribution in [0.3, 0.4) is 0 Å². The van der Waals surface area contributed by atoms with E-state index in [9.17, 15) is 4.79 Å². The number of carbonyl (C=O) groups excluding carboxylic acids is 1. The predicted molar refractivity (Wildman–Crippen MR) is 140 cm³/mol. The van der Waals surface area contributed by atoms with E-state index in [1.165, 1.54) is 0 Å². The maximum atomic E-state index is 13.4. The van der Waals surface area contributed by atoms with E-state index in [0.717, 1.165) is 39.3 Å². The van der Waals surface area contributed by atoms with Crippen LogP contribution in [0.15, 0.2) is 83.0 Å². The van der Waals surface area contributed by atoms with Gasteiger partial charge in [-0.15, -0.1) is 0 Å². The first-order valence-corrected chi connectivity index (χ1v) is 11.9. The highest BCUT2D eigenvalue weighted by atomic mass is 16.5. The van der Waals surface area contributed by atoms with E-state index in [-0.39, 0.29) is 6.03 Å². The summed E-state index contributed by atoms with van der Waals surface area (Å²) in [6.45, 7) is 4.29. The van der Waals surface area contributed by atoms with Crippen molar-refractivity contribution in [2.24, 2.45) is 0 Å². The van der Waals surface area contributed by atoms with Gasteiger partial charge in [-0.3, -0.25) is 4.90 Å². The van der Waals surface area contributed by atoms with E-state index in [0.29, 0.717) is 24.0 Å². The fraction of sp³-hybridized carbons (Fsp3) is 0.207. The molecule has 0 radical (unpaired) electrons. The molecule has 2 amide bonds. The predicted octanol–water partition coefficient (Wildman–Crippen LogP) is 5.76. The first-order valence-electron chi connectivity index (χ1n) is 11.9. The zero-order chi connectivity index (χ0) is 25.9. The van der Waals surface area contributed by atoms with Crippen LogP contribution in [0.2, 0.25) is 0 Å². The molecule has 4 aromatic rings. The largest absolute Gasteiger partial charge is 0.497 e. The van der Waals surface area contributed by atoms with Crippen LogP contribution in [0.5, 0.6) is 11.5 Å². The smallest absolute Gasteiger partial charge is 0.322 e. The third-order valence-corrected chi connectivity index (χ3v) is 6.47. The van der Waals surface area contributed by atoms with Gasteiger partial charge in [0.1, 0.15) is 11.5 Å². The number of carbonyl (C=O) groups is 1. The van der Waals surface area contributed by atoms with Crippen LogP contribution in [-0.2, 0) is 6.54 Å². The highest BCUT2D eigenvalue weighted by Gasteiger charge is 2.35. The maximum absolute atomic E-state index is 13.4. The molecule has 188 valence electrons. The van der Waals surface area contributed by atoms with Gasteiger partial charge in [-0.25, -0.2) is 4.79 Å². The van der Waals surface area contributed by atoms with Crippen molar-refractivity contribution >= 4 is 11.6 Å². The summed E-state index contributed by atoms with van der Waals surface area (Å²) in [5, 5.41) is 7.39. The number of amides is 2. The number of rotatable bonds is 7. The van der Waals surface area contributed by atoms with Crippen molar-refractivity contribution in [3.8, 4) is 22.9 Å². The third-order valence-electron chi connectivity index (χ3n) is 6.47. The fourth-order valence-corrected chi connectivity index (χ4v) is 4.42. The first-order chi connectivity index (χ1) is 18.0. The van der Waals surface area contributed by atoms with Gasteiger partial charge in [-0.05, 0) is 49.2 Å². The van der Waals surface area contributed by atoms with Crippen molar-refractivity contribution in [2.75, 3.05) is 14.2 Å². The van der Waals surface area contributed by atoms with Gasteiger partial charge in [0.15, 0.2) is 0 Å². The third kappa shape index (κ3) is 4.91. The Labute approximate surface area is 215 Å². The molecule has 0 saturated heterocycles. The van der Waals surface area contributed by atoms with Crippen LogP contribution in [0, 0.1) is 6.92 Å². The Balaban J connectivity index is 1.58. The van der Waals surface area contributed by atoms with Crippen LogP contribution < -0.4 is 14.8 Å². The quantitative estimate of drug-likeness (QED) is 0.350. The summed E-state index contributed by atoms with van der Waals surface area (Å²) in [6, 6.07) is 22.5. The molecule has 1 aliphatic rings. The Kier molecular flexibility index (Phi) is 6.64. The lowest BCUT2D eigenvalue weighted by atomic mass is 9.94. The zero-order valence-electron chi connectivity index (χ0n) is 21.2. The lowest BCUT2D eigenvalue weighted by Gasteiger charge is -2.35. The Bertz CT molecular complexity index is 1460. The molecule has 2 heterocycles. The van der Waals surface area contributed by atoms with E-state index in [4.69, 9.17) is 19.0 Å². The number of aromatic nitrogens is 2. The summed E-state index contributed by atoms with van der Waals surface area (Å²) in [5.41, 5.74) is 5.24. The molecule has 3 aromatic carbocycles. The average Bonchev–Trinajstić information content (AvgIpc) is 3.41. The zero-order valence-corrected chi connectivity index (χ0v) is 21.2. The van der Waals surface area contributed by atoms with Crippen LogP contribution in [0.25, 0.3) is 17.0 Å². The molecule has 0 fully saturated rings. The molecule has 1 aliphatic heterocycles. The number of aryl methyl sites for hydroxylation is 1. The number of hydrogen-bond acceptors (Lipinski definition) is 6. The van der Waals surface area contributed by atoms with Gasteiger partial charge in [-0.1, -0.05) is 59.3 Å². The molecular weight excluding hydrogens is 468 g/mol. The number of nitrogens with zero attached hydrogens (tertiary/aromatic N) is 3. The summed E-state index contributed by atoms with van der Waals surface area (Å²) in [7, 11) is 3.24. The molecule has 1 N–H and O–H groups in total. The number of allylic oxidation sites excluding steroid dienone is 1. The highest BCUT2D eigenvalue weighted by Crippen LogP contribution is 2.38. The number of methoxy groups -OCH3 is 2. The SMILES string of the molecule is COc1cccc(CN2C(=O)NC(c3ccc(C)cc3)C(c3nc(-c4cccc(OC)c4)no3)=C2C)c1. The minimum atomic E-state index is -0.451. The second-order valence-electron chi connectivity index (χ2n) is 8.89. The molecule has 1 atom stereocenters. The van der Waals surface area contributed by atoms with Crippen molar-refractivity contribution in [3.63, 3.8) is 0 Å². The number of benzene rings is 3. The van der Waals surface area contributed by atoms with Gasteiger partial charge >= 0.3 is 6.03 Å². The van der Waals surface area contributed by atoms with Crippen molar-refractivity contribution in [3.05, 3.63) is 101 Å². The molecule has 0 aliphatic carbocycles.